The van der Waals surface area contributed by atoms with Crippen LogP contribution in [0, 0.1) is 5.82 Å². The Labute approximate surface area is 194 Å². The molecule has 6 nitrogen and oxygen atoms in total. The number of thioether (sulfide) groups is 1. The Morgan fingerprint density at radius 3 is 2.84 bits per heavy atom. The summed E-state index contributed by atoms with van der Waals surface area (Å²) in [5.74, 6) is 0.279. The fourth-order valence-corrected chi connectivity index (χ4v) is 4.59. The van der Waals surface area contributed by atoms with E-state index in [1.807, 2.05) is 12.1 Å². The van der Waals surface area contributed by atoms with Crippen LogP contribution in [0.5, 0.6) is 0 Å². The third-order valence-electron chi connectivity index (χ3n) is 4.92. The van der Waals surface area contributed by atoms with Crippen molar-refractivity contribution in [1.29, 1.82) is 0 Å². The van der Waals surface area contributed by atoms with E-state index in [2.05, 4.69) is 20.9 Å². The van der Waals surface area contributed by atoms with Gasteiger partial charge in [0.05, 0.1) is 11.4 Å². The van der Waals surface area contributed by atoms with E-state index in [4.69, 9.17) is 11.6 Å². The number of aromatic nitrogens is 1. The van der Waals surface area contributed by atoms with Crippen molar-refractivity contribution in [2.75, 3.05) is 16.4 Å². The molecule has 0 fully saturated rings. The lowest BCUT2D eigenvalue weighted by Crippen LogP contribution is -2.40. The highest BCUT2D eigenvalue weighted by Crippen LogP contribution is 2.30. The SMILES string of the molecule is O=C(NCc1cccnc1)c1ccc2c(c1)NC(=O)C(CSCc1ccc(F)cc1Cl)N2. The van der Waals surface area contributed by atoms with Crippen molar-refractivity contribution in [2.45, 2.75) is 18.3 Å². The molecule has 2 aromatic carbocycles. The predicted octanol–water partition coefficient (Wildman–Crippen LogP) is 4.47. The van der Waals surface area contributed by atoms with E-state index in [-0.39, 0.29) is 17.6 Å². The van der Waals surface area contributed by atoms with E-state index in [0.717, 1.165) is 16.8 Å². The Bertz CT molecular complexity index is 1150. The highest BCUT2D eigenvalue weighted by atomic mass is 35.5. The average molecular weight is 471 g/mol. The molecule has 0 saturated carbocycles. The Morgan fingerprint density at radius 2 is 2.06 bits per heavy atom. The predicted molar refractivity (Wildman–Crippen MR) is 125 cm³/mol. The van der Waals surface area contributed by atoms with Crippen molar-refractivity contribution in [3.8, 4) is 0 Å². The number of nitrogens with zero attached hydrogens (tertiary/aromatic N) is 1. The van der Waals surface area contributed by atoms with Gasteiger partial charge in [0.1, 0.15) is 11.9 Å². The van der Waals surface area contributed by atoms with Crippen molar-refractivity contribution in [3.05, 3.63) is 88.5 Å². The summed E-state index contributed by atoms with van der Waals surface area (Å²) in [5.41, 5.74) is 3.48. The van der Waals surface area contributed by atoms with Crippen molar-refractivity contribution in [2.24, 2.45) is 0 Å². The molecule has 0 saturated heterocycles. The maximum Gasteiger partial charge on any atom is 0.251 e. The van der Waals surface area contributed by atoms with E-state index < -0.39 is 6.04 Å². The van der Waals surface area contributed by atoms with Crippen molar-refractivity contribution >= 4 is 46.6 Å². The van der Waals surface area contributed by atoms with Gasteiger partial charge in [0.15, 0.2) is 0 Å². The molecule has 164 valence electrons. The zero-order valence-corrected chi connectivity index (χ0v) is 18.5. The van der Waals surface area contributed by atoms with Gasteiger partial charge in [-0.2, -0.15) is 11.8 Å². The summed E-state index contributed by atoms with van der Waals surface area (Å²) in [4.78, 5) is 29.0. The van der Waals surface area contributed by atoms with Crippen LogP contribution in [-0.4, -0.2) is 28.6 Å². The average Bonchev–Trinajstić information content (AvgIpc) is 2.79. The molecule has 0 aliphatic carbocycles. The van der Waals surface area contributed by atoms with Crippen LogP contribution in [0.25, 0.3) is 0 Å². The van der Waals surface area contributed by atoms with E-state index >= 15 is 0 Å². The minimum Gasteiger partial charge on any atom is -0.371 e. The molecule has 1 unspecified atom stereocenters. The van der Waals surface area contributed by atoms with Gasteiger partial charge in [-0.05, 0) is 47.5 Å². The van der Waals surface area contributed by atoms with Crippen LogP contribution in [-0.2, 0) is 17.1 Å². The Hall–Kier alpha value is -3.10. The number of rotatable bonds is 7. The van der Waals surface area contributed by atoms with Crippen molar-refractivity contribution in [1.82, 2.24) is 10.3 Å². The van der Waals surface area contributed by atoms with E-state index in [1.165, 1.54) is 23.9 Å². The molecule has 3 N–H and O–H groups in total. The van der Waals surface area contributed by atoms with Gasteiger partial charge in [-0.25, -0.2) is 4.39 Å². The maximum atomic E-state index is 13.2. The quantitative estimate of drug-likeness (QED) is 0.474. The molecule has 0 spiro atoms. The lowest BCUT2D eigenvalue weighted by molar-refractivity contribution is -0.116. The second kappa shape index (κ2) is 10.0. The molecule has 1 aromatic heterocycles. The molecule has 3 aromatic rings. The number of carbonyl (C=O) groups is 2. The highest BCUT2D eigenvalue weighted by molar-refractivity contribution is 7.98. The summed E-state index contributed by atoms with van der Waals surface area (Å²) < 4.78 is 13.2. The fourth-order valence-electron chi connectivity index (χ4n) is 3.22. The summed E-state index contributed by atoms with van der Waals surface area (Å²) in [6, 6.07) is 12.7. The van der Waals surface area contributed by atoms with Crippen LogP contribution < -0.4 is 16.0 Å². The number of hydrogen-bond acceptors (Lipinski definition) is 5. The van der Waals surface area contributed by atoms with Crippen LogP contribution in [0.4, 0.5) is 15.8 Å². The maximum absolute atomic E-state index is 13.2. The van der Waals surface area contributed by atoms with Gasteiger partial charge in [0.2, 0.25) is 5.91 Å². The highest BCUT2D eigenvalue weighted by Gasteiger charge is 2.26. The summed E-state index contributed by atoms with van der Waals surface area (Å²) in [6.45, 7) is 0.367. The molecule has 1 atom stereocenters. The van der Waals surface area contributed by atoms with Gasteiger partial charge in [-0.3, -0.25) is 14.6 Å². The molecule has 9 heteroatoms. The smallest absolute Gasteiger partial charge is 0.251 e. The van der Waals surface area contributed by atoms with Gasteiger partial charge in [-0.15, -0.1) is 0 Å². The third kappa shape index (κ3) is 5.38. The normalized spacial score (nSPS) is 14.8. The standard InChI is InChI=1S/C23H20ClFN4O2S/c24-18-9-17(25)5-3-16(18)12-32-13-21-23(31)29-20-8-15(4-6-19(20)28-21)22(30)27-11-14-2-1-7-26-10-14/h1-10,21,28H,11-13H2,(H,27,30)(H,29,31). The number of pyridine rings is 1. The molecule has 2 amide bonds. The number of fused-ring (bicyclic) bond motifs is 1. The van der Waals surface area contributed by atoms with Gasteiger partial charge in [0, 0.05) is 41.0 Å². The summed E-state index contributed by atoms with van der Waals surface area (Å²) in [5, 5.41) is 9.30. The molecule has 0 bridgehead atoms. The molecule has 1 aliphatic heterocycles. The molecular weight excluding hydrogens is 451 g/mol. The number of benzene rings is 2. The third-order valence-corrected chi connectivity index (χ3v) is 6.35. The second-order valence-corrected chi connectivity index (χ2v) is 8.68. The van der Waals surface area contributed by atoms with Crippen LogP contribution in [0.15, 0.2) is 60.9 Å². The second-order valence-electron chi connectivity index (χ2n) is 7.24. The number of halogens is 2. The van der Waals surface area contributed by atoms with Crippen LogP contribution >= 0.6 is 23.4 Å². The molecule has 2 heterocycles. The van der Waals surface area contributed by atoms with Crippen LogP contribution in [0.2, 0.25) is 5.02 Å². The van der Waals surface area contributed by atoms with Crippen LogP contribution in [0.3, 0.4) is 0 Å². The first-order valence-electron chi connectivity index (χ1n) is 9.90. The monoisotopic (exact) mass is 470 g/mol. The Kier molecular flexibility index (Phi) is 6.92. The van der Waals surface area contributed by atoms with E-state index in [9.17, 15) is 14.0 Å². The minimum absolute atomic E-state index is 0.178. The summed E-state index contributed by atoms with van der Waals surface area (Å²) >= 11 is 7.58. The summed E-state index contributed by atoms with van der Waals surface area (Å²) in [6.07, 6.45) is 3.37. The largest absolute Gasteiger partial charge is 0.371 e. The first-order chi connectivity index (χ1) is 15.5. The minimum atomic E-state index is -0.433. The van der Waals surface area contributed by atoms with E-state index in [1.54, 1.807) is 36.7 Å². The lowest BCUT2D eigenvalue weighted by Gasteiger charge is -2.27. The first-order valence-corrected chi connectivity index (χ1v) is 11.4. The van der Waals surface area contributed by atoms with Crippen molar-refractivity contribution < 1.29 is 14.0 Å². The number of amides is 2. The summed E-state index contributed by atoms with van der Waals surface area (Å²) in [7, 11) is 0. The van der Waals surface area contributed by atoms with Gasteiger partial charge in [-0.1, -0.05) is 23.7 Å². The lowest BCUT2D eigenvalue weighted by atomic mass is 10.1. The van der Waals surface area contributed by atoms with Gasteiger partial charge >= 0.3 is 0 Å². The molecule has 32 heavy (non-hydrogen) atoms. The topological polar surface area (TPSA) is 83.1 Å². The zero-order chi connectivity index (χ0) is 22.5. The first kappa shape index (κ1) is 22.1. The van der Waals surface area contributed by atoms with Gasteiger partial charge in [0.25, 0.3) is 5.91 Å². The number of nitrogens with one attached hydrogen (secondary N) is 3. The molecule has 4 rings (SSSR count). The van der Waals surface area contributed by atoms with Gasteiger partial charge < -0.3 is 16.0 Å². The Balaban J connectivity index is 1.34. The molecule has 0 radical (unpaired) electrons. The van der Waals surface area contributed by atoms with Crippen molar-refractivity contribution in [3.63, 3.8) is 0 Å². The number of carbonyl (C=O) groups excluding carboxylic acids is 2. The molecular formula is C23H20ClFN4O2S. The number of anilines is 2. The Morgan fingerprint density at radius 1 is 1.19 bits per heavy atom. The zero-order valence-electron chi connectivity index (χ0n) is 16.9. The van der Waals surface area contributed by atoms with Crippen LogP contribution in [0.1, 0.15) is 21.5 Å². The number of hydrogen-bond donors (Lipinski definition) is 3. The van der Waals surface area contributed by atoms with E-state index in [0.29, 0.717) is 34.3 Å². The molecule has 1 aliphatic rings. The fraction of sp³-hybridized carbons (Fsp3) is 0.174.